The van der Waals surface area contributed by atoms with Crippen molar-refractivity contribution >= 4 is 5.97 Å². The number of hydrogen-bond donors (Lipinski definition) is 0. The van der Waals surface area contributed by atoms with E-state index in [-0.39, 0.29) is 11.8 Å². The molecule has 0 N–H and O–H groups in total. The summed E-state index contributed by atoms with van der Waals surface area (Å²) in [6.45, 7) is -0.396. The van der Waals surface area contributed by atoms with Crippen molar-refractivity contribution in [3.8, 4) is 28.7 Å². The lowest BCUT2D eigenvalue weighted by Crippen LogP contribution is -2.08. The first-order valence-corrected chi connectivity index (χ1v) is 8.21. The van der Waals surface area contributed by atoms with E-state index in [1.165, 1.54) is 21.3 Å². The quantitative estimate of drug-likeness (QED) is 0.551. The molecule has 0 aliphatic rings. The molecule has 0 atom stereocenters. The molecular formula is C19H16F2N2O6. The first-order chi connectivity index (χ1) is 14.0. The van der Waals surface area contributed by atoms with E-state index in [9.17, 15) is 13.6 Å². The average Bonchev–Trinajstić information content (AvgIpc) is 3.20. The number of aromatic nitrogens is 2. The number of benzene rings is 2. The fraction of sp³-hybridized carbons (Fsp3) is 0.211. The summed E-state index contributed by atoms with van der Waals surface area (Å²) in [4.78, 5) is 11.9. The highest BCUT2D eigenvalue weighted by Crippen LogP contribution is 2.40. The van der Waals surface area contributed by atoms with Gasteiger partial charge in [0.2, 0.25) is 11.6 Å². The highest BCUT2D eigenvalue weighted by atomic mass is 19.1. The summed E-state index contributed by atoms with van der Waals surface area (Å²) in [5.41, 5.74) is 0.0740. The summed E-state index contributed by atoms with van der Waals surface area (Å²) in [5, 5.41) is 7.68. The molecule has 2 aromatic carbocycles. The van der Waals surface area contributed by atoms with Crippen LogP contribution in [0.4, 0.5) is 8.78 Å². The number of methoxy groups -OCH3 is 3. The van der Waals surface area contributed by atoms with Gasteiger partial charge in [-0.2, -0.15) is 0 Å². The van der Waals surface area contributed by atoms with E-state index in [4.69, 9.17) is 23.4 Å². The number of carbonyl (C=O) groups is 1. The normalized spacial score (nSPS) is 10.5. The van der Waals surface area contributed by atoms with Gasteiger partial charge < -0.3 is 23.4 Å². The topological polar surface area (TPSA) is 92.9 Å². The Morgan fingerprint density at radius 1 is 1.00 bits per heavy atom. The summed E-state index contributed by atoms with van der Waals surface area (Å²) in [6.07, 6.45) is 0. The SMILES string of the molecule is COc1cc(-c2nnc(COC(=O)c3ccc(F)cc3F)o2)cc(OC)c1OC. The van der Waals surface area contributed by atoms with E-state index in [1.807, 2.05) is 0 Å². The fourth-order valence-electron chi connectivity index (χ4n) is 2.49. The van der Waals surface area contributed by atoms with Crippen LogP contribution in [0.3, 0.4) is 0 Å². The second-order valence-corrected chi connectivity index (χ2v) is 5.62. The number of rotatable bonds is 7. The smallest absolute Gasteiger partial charge is 0.341 e. The van der Waals surface area contributed by atoms with Crippen LogP contribution < -0.4 is 14.2 Å². The zero-order valence-corrected chi connectivity index (χ0v) is 15.7. The summed E-state index contributed by atoms with van der Waals surface area (Å²) >= 11 is 0. The molecule has 0 bridgehead atoms. The zero-order chi connectivity index (χ0) is 21.0. The van der Waals surface area contributed by atoms with Gasteiger partial charge in [-0.1, -0.05) is 0 Å². The molecule has 0 aliphatic carbocycles. The van der Waals surface area contributed by atoms with Crippen LogP contribution in [0.5, 0.6) is 17.2 Å². The Morgan fingerprint density at radius 3 is 2.28 bits per heavy atom. The molecule has 0 aliphatic heterocycles. The number of esters is 1. The lowest BCUT2D eigenvalue weighted by molar-refractivity contribution is 0.0433. The van der Waals surface area contributed by atoms with Gasteiger partial charge >= 0.3 is 5.97 Å². The van der Waals surface area contributed by atoms with Gasteiger partial charge in [-0.25, -0.2) is 13.6 Å². The van der Waals surface area contributed by atoms with Crippen LogP contribution in [0.15, 0.2) is 34.7 Å². The van der Waals surface area contributed by atoms with Crippen molar-refractivity contribution < 1.29 is 36.9 Å². The third-order valence-corrected chi connectivity index (χ3v) is 3.86. The van der Waals surface area contributed by atoms with Crippen LogP contribution in [-0.2, 0) is 11.3 Å². The molecule has 0 amide bonds. The van der Waals surface area contributed by atoms with Crippen molar-refractivity contribution in [3.05, 3.63) is 53.4 Å². The van der Waals surface area contributed by atoms with E-state index >= 15 is 0 Å². The Kier molecular flexibility index (Phi) is 5.91. The van der Waals surface area contributed by atoms with Gasteiger partial charge in [-0.15, -0.1) is 10.2 Å². The number of ether oxygens (including phenoxy) is 4. The molecule has 10 heteroatoms. The fourth-order valence-corrected chi connectivity index (χ4v) is 2.49. The molecule has 1 heterocycles. The highest BCUT2D eigenvalue weighted by Gasteiger charge is 2.19. The van der Waals surface area contributed by atoms with Crippen molar-refractivity contribution in [3.63, 3.8) is 0 Å². The molecule has 0 radical (unpaired) electrons. The highest BCUT2D eigenvalue weighted by molar-refractivity contribution is 5.89. The maximum atomic E-state index is 13.6. The van der Waals surface area contributed by atoms with Crippen LogP contribution in [0.25, 0.3) is 11.5 Å². The van der Waals surface area contributed by atoms with E-state index < -0.39 is 29.8 Å². The molecule has 8 nitrogen and oxygen atoms in total. The predicted octanol–water partition coefficient (Wildman–Crippen LogP) is 3.40. The Hall–Kier alpha value is -3.69. The largest absolute Gasteiger partial charge is 0.493 e. The van der Waals surface area contributed by atoms with Gasteiger partial charge in [0.25, 0.3) is 5.89 Å². The molecule has 0 spiro atoms. The van der Waals surface area contributed by atoms with Crippen LogP contribution in [-0.4, -0.2) is 37.5 Å². The number of hydrogen-bond acceptors (Lipinski definition) is 8. The van der Waals surface area contributed by atoms with Crippen molar-refractivity contribution in [2.24, 2.45) is 0 Å². The molecule has 1 aromatic heterocycles. The minimum atomic E-state index is -1.03. The number of nitrogens with zero attached hydrogens (tertiary/aromatic N) is 2. The van der Waals surface area contributed by atoms with Gasteiger partial charge in [0, 0.05) is 11.6 Å². The Labute approximate surface area is 164 Å². The molecule has 29 heavy (non-hydrogen) atoms. The Morgan fingerprint density at radius 2 is 1.69 bits per heavy atom. The van der Waals surface area contributed by atoms with Crippen LogP contribution in [0, 0.1) is 11.6 Å². The Balaban J connectivity index is 1.76. The molecular weight excluding hydrogens is 390 g/mol. The Bertz CT molecular complexity index is 1010. The van der Waals surface area contributed by atoms with Crippen LogP contribution in [0.2, 0.25) is 0 Å². The first kappa shape index (κ1) is 20.1. The van der Waals surface area contributed by atoms with Crippen molar-refractivity contribution in [2.45, 2.75) is 6.61 Å². The standard InChI is InChI=1S/C19H16F2N2O6/c1-25-14-6-10(7-15(26-2)17(14)27-3)18-23-22-16(29-18)9-28-19(24)12-5-4-11(20)8-13(12)21/h4-8H,9H2,1-3H3. The van der Waals surface area contributed by atoms with Gasteiger partial charge in [-0.3, -0.25) is 0 Å². The molecule has 3 aromatic rings. The third kappa shape index (κ3) is 4.26. The van der Waals surface area contributed by atoms with Gasteiger partial charge in [0.1, 0.15) is 11.6 Å². The molecule has 0 saturated heterocycles. The number of halogens is 2. The van der Waals surface area contributed by atoms with E-state index in [1.54, 1.807) is 12.1 Å². The van der Waals surface area contributed by atoms with Crippen LogP contribution in [0.1, 0.15) is 16.2 Å². The van der Waals surface area contributed by atoms with Gasteiger partial charge in [0.05, 0.1) is 26.9 Å². The van der Waals surface area contributed by atoms with E-state index in [0.717, 1.165) is 12.1 Å². The minimum Gasteiger partial charge on any atom is -0.493 e. The lowest BCUT2D eigenvalue weighted by Gasteiger charge is -2.12. The molecule has 0 unspecified atom stereocenters. The summed E-state index contributed by atoms with van der Waals surface area (Å²) in [7, 11) is 4.41. The average molecular weight is 406 g/mol. The van der Waals surface area contributed by atoms with Gasteiger partial charge in [0.15, 0.2) is 18.1 Å². The first-order valence-electron chi connectivity index (χ1n) is 8.21. The molecule has 3 rings (SSSR count). The summed E-state index contributed by atoms with van der Waals surface area (Å²) in [5.74, 6) is -1.55. The van der Waals surface area contributed by atoms with Crippen LogP contribution >= 0.6 is 0 Å². The second kappa shape index (κ2) is 8.55. The van der Waals surface area contributed by atoms with Gasteiger partial charge in [-0.05, 0) is 24.3 Å². The summed E-state index contributed by atoms with van der Waals surface area (Å²) in [6, 6.07) is 5.75. The number of carbonyl (C=O) groups excluding carboxylic acids is 1. The minimum absolute atomic E-state index is 0.0235. The maximum Gasteiger partial charge on any atom is 0.341 e. The second-order valence-electron chi connectivity index (χ2n) is 5.62. The maximum absolute atomic E-state index is 13.6. The lowest BCUT2D eigenvalue weighted by atomic mass is 10.2. The summed E-state index contributed by atoms with van der Waals surface area (Å²) < 4.78 is 52.8. The van der Waals surface area contributed by atoms with Crippen molar-refractivity contribution in [1.29, 1.82) is 0 Å². The monoisotopic (exact) mass is 406 g/mol. The predicted molar refractivity (Wildman–Crippen MR) is 94.9 cm³/mol. The van der Waals surface area contributed by atoms with Crippen molar-refractivity contribution in [2.75, 3.05) is 21.3 Å². The van der Waals surface area contributed by atoms with Crippen molar-refractivity contribution in [1.82, 2.24) is 10.2 Å². The molecule has 0 saturated carbocycles. The molecule has 152 valence electrons. The van der Waals surface area contributed by atoms with E-state index in [2.05, 4.69) is 10.2 Å². The van der Waals surface area contributed by atoms with E-state index in [0.29, 0.717) is 28.9 Å². The third-order valence-electron chi connectivity index (χ3n) is 3.86. The molecule has 0 fully saturated rings. The zero-order valence-electron chi connectivity index (χ0n) is 15.7.